The van der Waals surface area contributed by atoms with Crippen LogP contribution in [0.15, 0.2) is 30.5 Å². The lowest BCUT2D eigenvalue weighted by atomic mass is 9.95. The highest BCUT2D eigenvalue weighted by Crippen LogP contribution is 2.25. The van der Waals surface area contributed by atoms with Crippen LogP contribution < -0.4 is 0 Å². The summed E-state index contributed by atoms with van der Waals surface area (Å²) in [5, 5.41) is 0. The maximum atomic E-state index is 12.8. The third kappa shape index (κ3) is 2.49. The molecule has 1 amide bonds. The molecule has 1 aliphatic heterocycles. The largest absolute Gasteiger partial charge is 0.377 e. The number of morpholine rings is 1. The first-order chi connectivity index (χ1) is 10.1. The molecule has 1 aromatic carbocycles. The number of aromatic nitrogens is 2. The summed E-state index contributed by atoms with van der Waals surface area (Å²) < 4.78 is 5.53. The van der Waals surface area contributed by atoms with Crippen LogP contribution in [0, 0.1) is 0 Å². The van der Waals surface area contributed by atoms with E-state index in [4.69, 9.17) is 4.74 Å². The first kappa shape index (κ1) is 13.9. The molecule has 0 radical (unpaired) electrons. The number of nitrogens with zero attached hydrogens (tertiary/aromatic N) is 3. The average molecular weight is 285 g/mol. The maximum Gasteiger partial charge on any atom is 0.274 e. The van der Waals surface area contributed by atoms with E-state index in [0.29, 0.717) is 25.5 Å². The molecular weight excluding hydrogens is 266 g/mol. The van der Waals surface area contributed by atoms with Crippen LogP contribution in [0.1, 0.15) is 30.8 Å². The van der Waals surface area contributed by atoms with Gasteiger partial charge in [-0.1, -0.05) is 19.1 Å². The van der Waals surface area contributed by atoms with E-state index in [2.05, 4.69) is 23.8 Å². The van der Waals surface area contributed by atoms with Crippen LogP contribution in [0.2, 0.25) is 0 Å². The van der Waals surface area contributed by atoms with E-state index in [1.165, 1.54) is 0 Å². The Labute approximate surface area is 124 Å². The summed E-state index contributed by atoms with van der Waals surface area (Å²) in [6.45, 7) is 5.86. The molecule has 0 saturated carbocycles. The van der Waals surface area contributed by atoms with E-state index in [1.54, 1.807) is 6.20 Å². The van der Waals surface area contributed by atoms with E-state index < -0.39 is 0 Å². The van der Waals surface area contributed by atoms with E-state index in [-0.39, 0.29) is 11.4 Å². The van der Waals surface area contributed by atoms with Gasteiger partial charge in [-0.15, -0.1) is 0 Å². The Balaban J connectivity index is 1.95. The molecule has 0 spiro atoms. The first-order valence-electron chi connectivity index (χ1n) is 7.25. The van der Waals surface area contributed by atoms with Crippen LogP contribution >= 0.6 is 0 Å². The summed E-state index contributed by atoms with van der Waals surface area (Å²) in [4.78, 5) is 23.4. The van der Waals surface area contributed by atoms with Crippen molar-refractivity contribution in [3.05, 3.63) is 36.2 Å². The number of carbonyl (C=O) groups excluding carboxylic acids is 1. The van der Waals surface area contributed by atoms with Crippen molar-refractivity contribution < 1.29 is 9.53 Å². The molecule has 2 aromatic rings. The highest BCUT2D eigenvalue weighted by molar-refractivity contribution is 5.94. The van der Waals surface area contributed by atoms with Crippen molar-refractivity contribution in [1.29, 1.82) is 0 Å². The number of hydrogen-bond donors (Lipinski definition) is 0. The molecule has 3 rings (SSSR count). The van der Waals surface area contributed by atoms with Gasteiger partial charge in [-0.2, -0.15) is 0 Å². The summed E-state index contributed by atoms with van der Waals surface area (Å²) >= 11 is 0. The fraction of sp³-hybridized carbons (Fsp3) is 0.438. The lowest BCUT2D eigenvalue weighted by molar-refractivity contribution is -0.0468. The number of rotatable bonds is 2. The number of fused-ring (bicyclic) bond motifs is 1. The molecule has 1 fully saturated rings. The number of para-hydroxylation sites is 2. The van der Waals surface area contributed by atoms with Crippen LogP contribution in [0.5, 0.6) is 0 Å². The van der Waals surface area contributed by atoms with Gasteiger partial charge in [0, 0.05) is 6.54 Å². The van der Waals surface area contributed by atoms with Gasteiger partial charge in [0.1, 0.15) is 5.69 Å². The zero-order valence-electron chi connectivity index (χ0n) is 12.4. The minimum atomic E-state index is -0.275. The number of amides is 1. The first-order valence-corrected chi connectivity index (χ1v) is 7.25. The summed E-state index contributed by atoms with van der Waals surface area (Å²) in [7, 11) is 0. The summed E-state index contributed by atoms with van der Waals surface area (Å²) in [5.74, 6) is -0.0686. The molecule has 0 N–H and O–H groups in total. The lowest BCUT2D eigenvalue weighted by Crippen LogP contribution is -2.57. The van der Waals surface area contributed by atoms with Gasteiger partial charge in [0.05, 0.1) is 36.0 Å². The molecule has 2 heterocycles. The topological polar surface area (TPSA) is 55.3 Å². The summed E-state index contributed by atoms with van der Waals surface area (Å²) in [6, 6.07) is 7.57. The van der Waals surface area contributed by atoms with E-state index in [9.17, 15) is 4.79 Å². The number of benzene rings is 1. The zero-order chi connectivity index (χ0) is 14.9. The molecule has 5 nitrogen and oxygen atoms in total. The molecule has 1 aliphatic rings. The highest BCUT2D eigenvalue weighted by Gasteiger charge is 2.37. The third-order valence-electron chi connectivity index (χ3n) is 4.20. The molecule has 0 bridgehead atoms. The van der Waals surface area contributed by atoms with Crippen LogP contribution in [-0.4, -0.2) is 46.1 Å². The molecule has 1 aromatic heterocycles. The highest BCUT2D eigenvalue weighted by atomic mass is 16.5. The van der Waals surface area contributed by atoms with E-state index in [1.807, 2.05) is 29.2 Å². The second-order valence-electron chi connectivity index (χ2n) is 5.60. The molecule has 1 atom stereocenters. The van der Waals surface area contributed by atoms with Gasteiger partial charge in [0.25, 0.3) is 5.91 Å². The van der Waals surface area contributed by atoms with Crippen molar-refractivity contribution in [2.75, 3.05) is 19.8 Å². The van der Waals surface area contributed by atoms with Crippen molar-refractivity contribution in [3.8, 4) is 0 Å². The predicted octanol–water partition coefficient (Wildman–Crippen LogP) is 2.27. The van der Waals surface area contributed by atoms with Gasteiger partial charge < -0.3 is 9.64 Å². The van der Waals surface area contributed by atoms with Crippen LogP contribution in [-0.2, 0) is 4.74 Å². The van der Waals surface area contributed by atoms with Gasteiger partial charge in [-0.3, -0.25) is 9.78 Å². The minimum Gasteiger partial charge on any atom is -0.377 e. The second kappa shape index (κ2) is 5.41. The Hall–Kier alpha value is -2.01. The Morgan fingerprint density at radius 2 is 2.14 bits per heavy atom. The zero-order valence-corrected chi connectivity index (χ0v) is 12.4. The number of hydrogen-bond acceptors (Lipinski definition) is 4. The SMILES string of the molecule is CCC1(C)COCCN1C(=O)c1cnc2ccccc2n1. The molecule has 0 aliphatic carbocycles. The second-order valence-corrected chi connectivity index (χ2v) is 5.60. The van der Waals surface area contributed by atoms with Crippen molar-refractivity contribution in [2.45, 2.75) is 25.8 Å². The van der Waals surface area contributed by atoms with Crippen molar-refractivity contribution in [1.82, 2.24) is 14.9 Å². The van der Waals surface area contributed by atoms with Crippen molar-refractivity contribution in [2.24, 2.45) is 0 Å². The maximum absolute atomic E-state index is 12.8. The van der Waals surface area contributed by atoms with Crippen LogP contribution in [0.4, 0.5) is 0 Å². The summed E-state index contributed by atoms with van der Waals surface area (Å²) in [5.41, 5.74) is 1.67. The van der Waals surface area contributed by atoms with Crippen molar-refractivity contribution in [3.63, 3.8) is 0 Å². The van der Waals surface area contributed by atoms with E-state index >= 15 is 0 Å². The summed E-state index contributed by atoms with van der Waals surface area (Å²) in [6.07, 6.45) is 2.41. The quantitative estimate of drug-likeness (QED) is 0.849. The van der Waals surface area contributed by atoms with Crippen LogP contribution in [0.25, 0.3) is 11.0 Å². The Morgan fingerprint density at radius 3 is 2.90 bits per heavy atom. The molecular formula is C16H19N3O2. The molecule has 1 saturated heterocycles. The Morgan fingerprint density at radius 1 is 1.38 bits per heavy atom. The fourth-order valence-corrected chi connectivity index (χ4v) is 2.63. The van der Waals surface area contributed by atoms with Gasteiger partial charge in [-0.25, -0.2) is 4.98 Å². The van der Waals surface area contributed by atoms with Gasteiger partial charge >= 0.3 is 0 Å². The van der Waals surface area contributed by atoms with Gasteiger partial charge in [0.15, 0.2) is 0 Å². The molecule has 110 valence electrons. The standard InChI is InChI=1S/C16H19N3O2/c1-3-16(2)11-21-9-8-19(16)15(20)14-10-17-12-6-4-5-7-13(12)18-14/h4-7,10H,3,8-9,11H2,1-2H3. The number of carbonyl (C=O) groups is 1. The normalized spacial score (nSPS) is 22.5. The monoisotopic (exact) mass is 285 g/mol. The van der Waals surface area contributed by atoms with Crippen LogP contribution in [0.3, 0.4) is 0 Å². The smallest absolute Gasteiger partial charge is 0.274 e. The fourth-order valence-electron chi connectivity index (χ4n) is 2.63. The molecule has 21 heavy (non-hydrogen) atoms. The Kier molecular flexibility index (Phi) is 3.59. The minimum absolute atomic E-state index is 0.0686. The predicted molar refractivity (Wildman–Crippen MR) is 80.1 cm³/mol. The molecule has 5 heteroatoms. The number of ether oxygens (including phenoxy) is 1. The lowest BCUT2D eigenvalue weighted by Gasteiger charge is -2.43. The van der Waals surface area contributed by atoms with Gasteiger partial charge in [-0.05, 0) is 25.5 Å². The van der Waals surface area contributed by atoms with Crippen molar-refractivity contribution >= 4 is 16.9 Å². The average Bonchev–Trinajstić information content (AvgIpc) is 2.54. The Bertz CT molecular complexity index is 673. The third-order valence-corrected chi connectivity index (χ3v) is 4.20. The molecule has 1 unspecified atom stereocenters. The van der Waals surface area contributed by atoms with Gasteiger partial charge in [0.2, 0.25) is 0 Å². The van der Waals surface area contributed by atoms with E-state index in [0.717, 1.165) is 17.5 Å².